The molecule has 296 valence electrons. The number of amides is 2. The molecule has 5 N–H and O–H groups in total. The second-order valence-electron chi connectivity index (χ2n) is 15.8. The zero-order valence-electron chi connectivity index (χ0n) is 31.4. The number of halogens is 2. The first kappa shape index (κ1) is 40.8. The van der Waals surface area contributed by atoms with E-state index in [1.807, 2.05) is 0 Å². The van der Waals surface area contributed by atoms with Crippen LogP contribution in [0.25, 0.3) is 0 Å². The van der Waals surface area contributed by atoms with Gasteiger partial charge in [-0.25, -0.2) is 18.4 Å². The van der Waals surface area contributed by atoms with Crippen molar-refractivity contribution >= 4 is 41.0 Å². The van der Waals surface area contributed by atoms with E-state index in [2.05, 4.69) is 0 Å². The molecule has 3 aliphatic carbocycles. The van der Waals surface area contributed by atoms with Crippen molar-refractivity contribution in [1.29, 1.82) is 0 Å². The van der Waals surface area contributed by atoms with E-state index in [0.717, 1.165) is 23.1 Å². The van der Waals surface area contributed by atoms with Gasteiger partial charge in [0.05, 0.1) is 24.1 Å². The number of aliphatic hydroxyl groups is 2. The van der Waals surface area contributed by atoms with Crippen LogP contribution < -0.4 is 10.6 Å². The monoisotopic (exact) mass is 770 g/mol. The van der Waals surface area contributed by atoms with Gasteiger partial charge >= 0.3 is 12.1 Å². The number of carbonyl (C=O) groups excluding carboxylic acids is 6. The summed E-state index contributed by atoms with van der Waals surface area (Å²) in [7, 11) is 6.37. The number of ether oxygens (including phenoxy) is 2. The highest BCUT2D eigenvalue weighted by atomic mass is 19.1. The molecule has 1 saturated carbocycles. The van der Waals surface area contributed by atoms with E-state index in [1.165, 1.54) is 19.0 Å². The molecule has 1 fully saturated rings. The Hall–Kier alpha value is -5.42. The van der Waals surface area contributed by atoms with Gasteiger partial charge in [-0.3, -0.25) is 24.1 Å². The van der Waals surface area contributed by atoms with Crippen molar-refractivity contribution in [2.24, 2.45) is 28.9 Å². The minimum atomic E-state index is -2.83. The fraction of sp³-hybridized carbons (Fsp3) is 0.474. The first-order chi connectivity index (χ1) is 25.5. The molecular weight excluding hydrogens is 726 g/mol. The molecule has 0 saturated heterocycles. The Morgan fingerprint density at radius 3 is 2.16 bits per heavy atom. The number of primary amides is 1. The lowest BCUT2D eigenvalue weighted by atomic mass is 9.54. The molecule has 0 aromatic heterocycles. The fourth-order valence-corrected chi connectivity index (χ4v) is 8.04. The van der Waals surface area contributed by atoms with Crippen LogP contribution in [0.5, 0.6) is 5.75 Å². The van der Waals surface area contributed by atoms with E-state index in [4.69, 9.17) is 15.2 Å². The predicted molar refractivity (Wildman–Crippen MR) is 190 cm³/mol. The molecule has 17 heteroatoms. The van der Waals surface area contributed by atoms with Crippen molar-refractivity contribution in [3.63, 3.8) is 0 Å². The topological polar surface area (TPSA) is 217 Å². The third-order valence-electron chi connectivity index (χ3n) is 10.3. The molecule has 15 nitrogen and oxygen atoms in total. The van der Waals surface area contributed by atoms with Crippen LogP contribution in [0, 0.1) is 34.8 Å². The minimum absolute atomic E-state index is 0.000660. The molecule has 2 amide bonds. The summed E-state index contributed by atoms with van der Waals surface area (Å²) < 4.78 is 38.1. The summed E-state index contributed by atoms with van der Waals surface area (Å²) >= 11 is 0. The molecule has 5 rings (SSSR count). The van der Waals surface area contributed by atoms with E-state index in [9.17, 15) is 52.9 Å². The van der Waals surface area contributed by atoms with Gasteiger partial charge in [0, 0.05) is 37.8 Å². The number of anilines is 1. The van der Waals surface area contributed by atoms with Crippen molar-refractivity contribution in [3.05, 3.63) is 69.5 Å². The van der Waals surface area contributed by atoms with E-state index in [-0.39, 0.29) is 37.1 Å². The molecule has 0 radical (unpaired) electrons. The molecule has 3 unspecified atom stereocenters. The Balaban J connectivity index is 1.50. The normalized spacial score (nSPS) is 23.5. The summed E-state index contributed by atoms with van der Waals surface area (Å²) in [4.78, 5) is 84.5. The standard InChI is InChI=1S/C38H44F2N4O11/c1-37(2,3)15-44(36(52)55-16-54-35(51)26-21(39)9-8-10-22(26)40)14-18-13-23(42(4)5)19-11-17-12-20-28(43(6)7)31(47)27(34(41)50)33(49)38(20,53)32(48)24(17)30(46)25(19)29(18)45/h8-10,13,17,20,24,28,45,49,53H,11-12,14-16H2,1-7H3,(H2,41,50)/t17?,20?,24?,28-,38-/m0/s1. The molecule has 5 atom stereocenters. The van der Waals surface area contributed by atoms with Crippen LogP contribution in [0.3, 0.4) is 0 Å². The van der Waals surface area contributed by atoms with Crippen molar-refractivity contribution in [1.82, 2.24) is 9.80 Å². The van der Waals surface area contributed by atoms with Crippen molar-refractivity contribution in [3.8, 4) is 5.75 Å². The minimum Gasteiger partial charge on any atom is -0.508 e. The molecule has 0 aliphatic heterocycles. The summed E-state index contributed by atoms with van der Waals surface area (Å²) in [5.41, 5.74) is 0.719. The van der Waals surface area contributed by atoms with Gasteiger partial charge in [0.2, 0.25) is 6.79 Å². The van der Waals surface area contributed by atoms with E-state index < -0.39 is 111 Å². The number of aliphatic hydroxyl groups excluding tert-OH is 1. The van der Waals surface area contributed by atoms with Crippen LogP contribution in [0.1, 0.15) is 59.0 Å². The van der Waals surface area contributed by atoms with E-state index in [0.29, 0.717) is 11.3 Å². The Labute approximate surface area is 315 Å². The van der Waals surface area contributed by atoms with Crippen molar-refractivity contribution < 1.29 is 62.3 Å². The average Bonchev–Trinajstić information content (AvgIpc) is 3.06. The lowest BCUT2D eigenvalue weighted by molar-refractivity contribution is -0.163. The van der Waals surface area contributed by atoms with Gasteiger partial charge in [-0.2, -0.15) is 0 Å². The van der Waals surface area contributed by atoms with Crippen LogP contribution in [0.4, 0.5) is 19.3 Å². The molecule has 3 aliphatic rings. The highest BCUT2D eigenvalue weighted by Gasteiger charge is 2.66. The Kier molecular flexibility index (Phi) is 10.9. The molecular formula is C38H44F2N4O11. The summed E-state index contributed by atoms with van der Waals surface area (Å²) in [5.74, 6) is -13.5. The summed E-state index contributed by atoms with van der Waals surface area (Å²) in [6, 6.07) is 3.09. The fourth-order valence-electron chi connectivity index (χ4n) is 8.04. The molecule has 0 spiro atoms. The Bertz CT molecular complexity index is 2000. The number of esters is 1. The number of rotatable bonds is 9. The van der Waals surface area contributed by atoms with Crippen LogP contribution in [-0.2, 0) is 36.8 Å². The van der Waals surface area contributed by atoms with Crippen molar-refractivity contribution in [2.45, 2.75) is 51.8 Å². The molecule has 2 aromatic carbocycles. The van der Waals surface area contributed by atoms with E-state index in [1.54, 1.807) is 45.8 Å². The summed E-state index contributed by atoms with van der Waals surface area (Å²) in [6.45, 7) is 4.02. The quantitative estimate of drug-likeness (QED) is 0.125. The Morgan fingerprint density at radius 2 is 1.62 bits per heavy atom. The second-order valence-corrected chi connectivity index (χ2v) is 15.8. The van der Waals surface area contributed by atoms with Crippen molar-refractivity contribution in [2.75, 3.05) is 46.4 Å². The number of phenolic OH excluding ortho intramolecular Hbond substituents is 1. The number of phenols is 1. The SMILES string of the molecule is CN(C)c1cc(CN(CC(C)(C)C)C(=O)OCOC(=O)c2c(F)cccc2F)c(O)c2c1CC1CC3[C@H](N(C)C)C(=O)C(C(N)=O)=C(O)[C@@]3(O)C(=O)C1C2=O. The second kappa shape index (κ2) is 14.7. The zero-order chi connectivity index (χ0) is 41.1. The number of fused-ring (bicyclic) bond motifs is 3. The number of hydrogen-bond acceptors (Lipinski definition) is 13. The number of aromatic hydroxyl groups is 1. The van der Waals surface area contributed by atoms with Gasteiger partial charge in [0.1, 0.15) is 34.3 Å². The number of likely N-dealkylation sites (N-methyl/N-ethyl adjacent to an activating group) is 1. The maximum absolute atomic E-state index is 14.5. The number of ketones is 3. The highest BCUT2D eigenvalue weighted by molar-refractivity contribution is 6.25. The van der Waals surface area contributed by atoms with Crippen LogP contribution in [-0.4, -0.2) is 114 Å². The first-order valence-electron chi connectivity index (χ1n) is 17.4. The number of hydrogen-bond donors (Lipinski definition) is 4. The molecule has 2 aromatic rings. The van der Waals surface area contributed by atoms with Gasteiger partial charge in [-0.05, 0) is 62.0 Å². The number of Topliss-reactive ketones (excluding diaryl/α,β-unsaturated/α-hetero) is 3. The van der Waals surface area contributed by atoms with E-state index >= 15 is 0 Å². The number of benzene rings is 2. The van der Waals surface area contributed by atoms with Gasteiger partial charge in [0.25, 0.3) is 5.91 Å². The van der Waals surface area contributed by atoms with Crippen LogP contribution >= 0.6 is 0 Å². The van der Waals surface area contributed by atoms with Crippen LogP contribution in [0.15, 0.2) is 35.6 Å². The van der Waals surface area contributed by atoms with Gasteiger partial charge in [-0.15, -0.1) is 0 Å². The largest absolute Gasteiger partial charge is 0.508 e. The third kappa shape index (κ3) is 7.13. The first-order valence-corrected chi connectivity index (χ1v) is 17.4. The molecule has 55 heavy (non-hydrogen) atoms. The lowest BCUT2D eigenvalue weighted by Gasteiger charge is -2.52. The average molecular weight is 771 g/mol. The third-order valence-corrected chi connectivity index (χ3v) is 10.3. The number of nitrogens with zero attached hydrogens (tertiary/aromatic N) is 3. The molecule has 0 bridgehead atoms. The zero-order valence-corrected chi connectivity index (χ0v) is 31.4. The summed E-state index contributed by atoms with van der Waals surface area (Å²) in [6.07, 6.45) is -1.11. The maximum Gasteiger partial charge on any atom is 0.412 e. The molecule has 0 heterocycles. The van der Waals surface area contributed by atoms with Gasteiger partial charge in [-0.1, -0.05) is 26.8 Å². The van der Waals surface area contributed by atoms with Gasteiger partial charge < -0.3 is 40.3 Å². The van der Waals surface area contributed by atoms with Gasteiger partial charge in [0.15, 0.2) is 23.0 Å². The predicted octanol–water partition coefficient (Wildman–Crippen LogP) is 2.64. The number of carbonyl (C=O) groups is 6. The Morgan fingerprint density at radius 1 is 1.00 bits per heavy atom. The highest BCUT2D eigenvalue weighted by Crippen LogP contribution is 2.53. The lowest BCUT2D eigenvalue weighted by Crippen LogP contribution is -2.68. The maximum atomic E-state index is 14.5. The van der Waals surface area contributed by atoms with Crippen LogP contribution in [0.2, 0.25) is 0 Å². The number of nitrogens with two attached hydrogens (primary N) is 1. The summed E-state index contributed by atoms with van der Waals surface area (Å²) in [5, 5.41) is 34.8. The smallest absolute Gasteiger partial charge is 0.412 e.